The van der Waals surface area contributed by atoms with Crippen LogP contribution in [0.5, 0.6) is 11.5 Å². The molecule has 0 aliphatic rings. The van der Waals surface area contributed by atoms with Gasteiger partial charge in [0.25, 0.3) is 0 Å². The maximum Gasteiger partial charge on any atom is 0.343 e. The summed E-state index contributed by atoms with van der Waals surface area (Å²) in [6, 6.07) is 14.2. The molecule has 0 fully saturated rings. The normalized spacial score (nSPS) is 10.8. The lowest BCUT2D eigenvalue weighted by molar-refractivity contribution is -0.383. The van der Waals surface area contributed by atoms with Crippen molar-refractivity contribution in [3.05, 3.63) is 110 Å². The van der Waals surface area contributed by atoms with Crippen LogP contribution in [0.3, 0.4) is 0 Å². The van der Waals surface area contributed by atoms with E-state index in [4.69, 9.17) is 9.47 Å². The lowest BCUT2D eigenvalue weighted by Crippen LogP contribution is -2.22. The van der Waals surface area contributed by atoms with Crippen molar-refractivity contribution in [2.45, 2.75) is 13.5 Å². The fraction of sp³-hybridized carbons (Fsp3) is 0.120. The molecule has 0 aliphatic heterocycles. The van der Waals surface area contributed by atoms with Gasteiger partial charge in [-0.05, 0) is 43.3 Å². The monoisotopic (exact) mass is 480 g/mol. The van der Waals surface area contributed by atoms with Gasteiger partial charge < -0.3 is 14.0 Å². The molecular weight excluding hydrogens is 462 g/mol. The van der Waals surface area contributed by atoms with Gasteiger partial charge >= 0.3 is 11.7 Å². The minimum Gasteiger partial charge on any atom is -0.462 e. The predicted molar refractivity (Wildman–Crippen MR) is 123 cm³/mol. The van der Waals surface area contributed by atoms with E-state index in [1.165, 1.54) is 29.7 Å². The number of hydrogen-bond acceptors (Lipinski definition) is 6. The maximum atomic E-state index is 14.4. The number of hydrogen-bond donors (Lipinski definition) is 0. The molecule has 8 nitrogen and oxygen atoms in total. The van der Waals surface area contributed by atoms with E-state index in [0.717, 1.165) is 18.3 Å². The number of para-hydroxylation sites is 1. The summed E-state index contributed by atoms with van der Waals surface area (Å²) in [5, 5.41) is 11.7. The Kier molecular flexibility index (Phi) is 6.54. The van der Waals surface area contributed by atoms with Crippen LogP contribution in [0.25, 0.3) is 10.9 Å². The molecule has 0 bridgehead atoms. The molecule has 0 radical (unpaired) electrons. The smallest absolute Gasteiger partial charge is 0.343 e. The van der Waals surface area contributed by atoms with E-state index in [1.54, 1.807) is 30.3 Å². The fourth-order valence-corrected chi connectivity index (χ4v) is 3.66. The number of nitro benzene ring substituents is 1. The first-order valence-electron chi connectivity index (χ1n) is 10.5. The molecule has 35 heavy (non-hydrogen) atoms. The van der Waals surface area contributed by atoms with E-state index in [9.17, 15) is 28.5 Å². The van der Waals surface area contributed by atoms with Crippen molar-refractivity contribution >= 4 is 22.6 Å². The average molecular weight is 480 g/mol. The number of aromatic nitrogens is 1. The summed E-state index contributed by atoms with van der Waals surface area (Å²) in [4.78, 5) is 37.1. The minimum atomic E-state index is -1.02. The molecule has 0 N–H and O–H groups in total. The molecule has 1 heterocycles. The molecule has 3 aromatic carbocycles. The number of carbonyl (C=O) groups excluding carboxylic acids is 1. The highest BCUT2D eigenvalue weighted by Gasteiger charge is 2.28. The molecule has 0 aliphatic carbocycles. The number of ether oxygens (including phenoxy) is 2. The fourth-order valence-electron chi connectivity index (χ4n) is 3.66. The molecule has 0 saturated carbocycles. The molecular formula is C25H18F2N2O6. The summed E-state index contributed by atoms with van der Waals surface area (Å²) >= 11 is 0. The van der Waals surface area contributed by atoms with Gasteiger partial charge in [-0.15, -0.1) is 0 Å². The first-order chi connectivity index (χ1) is 16.8. The lowest BCUT2D eigenvalue weighted by Gasteiger charge is -2.15. The highest BCUT2D eigenvalue weighted by atomic mass is 19.1. The Morgan fingerprint density at radius 1 is 1.03 bits per heavy atom. The van der Waals surface area contributed by atoms with Gasteiger partial charge in [0.05, 0.1) is 23.6 Å². The van der Waals surface area contributed by atoms with Gasteiger partial charge in [-0.2, -0.15) is 0 Å². The Hall–Kier alpha value is -4.60. The molecule has 0 atom stereocenters. The van der Waals surface area contributed by atoms with Gasteiger partial charge in [-0.3, -0.25) is 14.9 Å². The van der Waals surface area contributed by atoms with Crippen molar-refractivity contribution in [1.82, 2.24) is 4.57 Å². The zero-order valence-corrected chi connectivity index (χ0v) is 18.4. The van der Waals surface area contributed by atoms with Gasteiger partial charge in [0, 0.05) is 11.8 Å². The Balaban J connectivity index is 2.02. The molecule has 4 aromatic rings. The SMILES string of the molecule is CCOC(=O)c1cn(Cc2c(F)cccc2F)c2ccc(Oc3ccccc3)c([N+](=O)[O-])c2c1=O. The third-order valence-electron chi connectivity index (χ3n) is 5.22. The van der Waals surface area contributed by atoms with E-state index in [0.29, 0.717) is 0 Å². The number of rotatable bonds is 7. The third-order valence-corrected chi connectivity index (χ3v) is 5.22. The van der Waals surface area contributed by atoms with Crippen molar-refractivity contribution < 1.29 is 28.0 Å². The number of benzene rings is 3. The number of nitrogens with zero attached hydrogens (tertiary/aromatic N) is 2. The summed E-state index contributed by atoms with van der Waals surface area (Å²) in [6.07, 6.45) is 1.08. The number of carbonyl (C=O) groups is 1. The second-order valence-corrected chi connectivity index (χ2v) is 7.40. The van der Waals surface area contributed by atoms with Crippen LogP contribution < -0.4 is 10.2 Å². The van der Waals surface area contributed by atoms with E-state index >= 15 is 0 Å². The Morgan fingerprint density at radius 3 is 2.34 bits per heavy atom. The zero-order chi connectivity index (χ0) is 25.1. The molecule has 0 spiro atoms. The molecule has 4 rings (SSSR count). The second-order valence-electron chi connectivity index (χ2n) is 7.40. The van der Waals surface area contributed by atoms with Crippen LogP contribution in [0, 0.1) is 21.7 Å². The molecule has 0 saturated heterocycles. The van der Waals surface area contributed by atoms with Crippen molar-refractivity contribution in [2.24, 2.45) is 0 Å². The second kappa shape index (κ2) is 9.72. The van der Waals surface area contributed by atoms with Crippen molar-refractivity contribution in [3.63, 3.8) is 0 Å². The van der Waals surface area contributed by atoms with E-state index < -0.39 is 51.1 Å². The summed E-state index contributed by atoms with van der Waals surface area (Å²) in [5.74, 6) is -2.69. The van der Waals surface area contributed by atoms with Gasteiger partial charge in [0.2, 0.25) is 11.2 Å². The quantitative estimate of drug-likeness (QED) is 0.205. The predicted octanol–water partition coefficient (Wildman–Crippen LogP) is 5.21. The topological polar surface area (TPSA) is 101 Å². The van der Waals surface area contributed by atoms with Gasteiger partial charge in [-0.25, -0.2) is 13.6 Å². The molecule has 0 amide bonds. The van der Waals surface area contributed by atoms with Crippen LogP contribution in [-0.2, 0) is 11.3 Å². The minimum absolute atomic E-state index is 0.0159. The standard InChI is InChI=1S/C25H18F2N2O6/c1-2-34-25(31)17-14-28(13-16-18(26)9-6-10-19(16)27)20-11-12-21(35-15-7-4-3-5-8-15)23(29(32)33)22(20)24(17)30/h3-12,14H,2,13H2,1H3. The number of nitro groups is 1. The summed E-state index contributed by atoms with van der Waals surface area (Å²) in [6.45, 7) is 1.02. The van der Waals surface area contributed by atoms with Crippen molar-refractivity contribution in [2.75, 3.05) is 6.61 Å². The van der Waals surface area contributed by atoms with Crippen LogP contribution in [0.2, 0.25) is 0 Å². The van der Waals surface area contributed by atoms with Gasteiger partial charge in [-0.1, -0.05) is 24.3 Å². The summed E-state index contributed by atoms with van der Waals surface area (Å²) in [5.41, 5.74) is -2.53. The third kappa shape index (κ3) is 4.58. The lowest BCUT2D eigenvalue weighted by atomic mass is 10.1. The largest absolute Gasteiger partial charge is 0.462 e. The first kappa shape index (κ1) is 23.6. The maximum absolute atomic E-state index is 14.4. The Labute approximate surface area is 197 Å². The molecule has 10 heteroatoms. The van der Waals surface area contributed by atoms with E-state index in [1.807, 2.05) is 0 Å². The number of halogens is 2. The van der Waals surface area contributed by atoms with Crippen LogP contribution in [0.1, 0.15) is 22.8 Å². The summed E-state index contributed by atoms with van der Waals surface area (Å²) in [7, 11) is 0. The van der Waals surface area contributed by atoms with Crippen molar-refractivity contribution in [1.29, 1.82) is 0 Å². The van der Waals surface area contributed by atoms with E-state index in [2.05, 4.69) is 0 Å². The average Bonchev–Trinajstić information content (AvgIpc) is 2.83. The molecule has 178 valence electrons. The van der Waals surface area contributed by atoms with Gasteiger partial charge in [0.15, 0.2) is 0 Å². The Morgan fingerprint density at radius 2 is 1.71 bits per heavy atom. The zero-order valence-electron chi connectivity index (χ0n) is 18.4. The van der Waals surface area contributed by atoms with E-state index in [-0.39, 0.29) is 29.2 Å². The highest BCUT2D eigenvalue weighted by molar-refractivity contribution is 5.98. The number of esters is 1. The number of fused-ring (bicyclic) bond motifs is 1. The van der Waals surface area contributed by atoms with Crippen LogP contribution in [0.4, 0.5) is 14.5 Å². The van der Waals surface area contributed by atoms with Crippen LogP contribution in [-0.4, -0.2) is 22.1 Å². The highest BCUT2D eigenvalue weighted by Crippen LogP contribution is 2.37. The number of pyridine rings is 1. The molecule has 1 aromatic heterocycles. The first-order valence-corrected chi connectivity index (χ1v) is 10.5. The van der Waals surface area contributed by atoms with Crippen molar-refractivity contribution in [3.8, 4) is 11.5 Å². The van der Waals surface area contributed by atoms with Crippen LogP contribution >= 0.6 is 0 Å². The van der Waals surface area contributed by atoms with Crippen LogP contribution in [0.15, 0.2) is 71.7 Å². The van der Waals surface area contributed by atoms with Gasteiger partial charge in [0.1, 0.15) is 28.3 Å². The molecule has 0 unspecified atom stereocenters. The Bertz CT molecular complexity index is 1480. The summed E-state index contributed by atoms with van der Waals surface area (Å²) < 4.78 is 40.5.